The van der Waals surface area contributed by atoms with E-state index < -0.39 is 63.9 Å². The molecule has 1 saturated carbocycles. The van der Waals surface area contributed by atoms with E-state index in [1.54, 1.807) is 50.2 Å². The van der Waals surface area contributed by atoms with E-state index in [0.29, 0.717) is 51.0 Å². The van der Waals surface area contributed by atoms with E-state index in [1.165, 1.54) is 20.4 Å². The Balaban J connectivity index is 1.38. The Kier molecular flexibility index (Phi) is 19.8. The number of benzene rings is 3. The third-order valence-corrected chi connectivity index (χ3v) is 13.2. The molecule has 3 aromatic carbocycles. The molecule has 23 heteroatoms. The lowest BCUT2D eigenvalue weighted by Crippen LogP contribution is -2.56. The molecule has 4 atom stereocenters. The summed E-state index contributed by atoms with van der Waals surface area (Å²) in [6.07, 6.45) is 5.50. The van der Waals surface area contributed by atoms with Crippen LogP contribution in [0.4, 0.5) is 0 Å². The van der Waals surface area contributed by atoms with Crippen LogP contribution in [-0.2, 0) is 35.8 Å². The lowest BCUT2D eigenvalue weighted by molar-refractivity contribution is -0.141. The van der Waals surface area contributed by atoms with Crippen LogP contribution >= 0.6 is 0 Å². The van der Waals surface area contributed by atoms with E-state index in [1.807, 2.05) is 30.3 Å². The van der Waals surface area contributed by atoms with Crippen LogP contribution in [0.1, 0.15) is 90.8 Å². The Morgan fingerprint density at radius 2 is 1.53 bits per heavy atom. The molecule has 4 aromatic rings. The second-order valence-electron chi connectivity index (χ2n) is 18.2. The van der Waals surface area contributed by atoms with Gasteiger partial charge in [0.05, 0.1) is 29.1 Å². The highest BCUT2D eigenvalue weighted by atomic mass is 32.2. The molecule has 0 saturated heterocycles. The average Bonchev–Trinajstić information content (AvgIpc) is 3.37. The third kappa shape index (κ3) is 14.9. The summed E-state index contributed by atoms with van der Waals surface area (Å²) in [5, 5.41) is 25.1. The van der Waals surface area contributed by atoms with Crippen molar-refractivity contribution in [3.05, 3.63) is 88.7 Å². The molecule has 1 aliphatic heterocycles. The maximum Gasteiger partial charge on any atom is 0.274 e. The van der Waals surface area contributed by atoms with Gasteiger partial charge in [-0.2, -0.15) is 13.7 Å². The topological polar surface area (TPSA) is 338 Å². The predicted molar refractivity (Wildman–Crippen MR) is 274 cm³/mol. The molecule has 2 heterocycles. The maximum atomic E-state index is 15.1. The van der Waals surface area contributed by atoms with Crippen molar-refractivity contribution in [2.75, 3.05) is 46.4 Å². The quantitative estimate of drug-likeness (QED) is 0.0463. The van der Waals surface area contributed by atoms with Crippen molar-refractivity contribution in [3.63, 3.8) is 0 Å². The summed E-state index contributed by atoms with van der Waals surface area (Å²) in [7, 11) is -2.77. The van der Waals surface area contributed by atoms with Crippen LogP contribution in [0.25, 0.3) is 22.5 Å². The van der Waals surface area contributed by atoms with Crippen LogP contribution < -0.4 is 56.8 Å². The largest absolute Gasteiger partial charge is 0.492 e. The number of nitriles is 1. The minimum absolute atomic E-state index is 0.00520. The summed E-state index contributed by atoms with van der Waals surface area (Å²) in [5.41, 5.74) is 14.8. The van der Waals surface area contributed by atoms with Gasteiger partial charge in [-0.25, -0.2) is 19.8 Å². The number of likely N-dealkylation sites (N-methyl/N-ethyl adjacent to an activating group) is 1. The van der Waals surface area contributed by atoms with Gasteiger partial charge in [-0.3, -0.25) is 24.0 Å². The van der Waals surface area contributed by atoms with Crippen LogP contribution in [0.15, 0.2) is 60.7 Å². The summed E-state index contributed by atoms with van der Waals surface area (Å²) >= 11 is 0. The summed E-state index contributed by atoms with van der Waals surface area (Å²) in [6, 6.07) is 13.8. The number of hydrogen-bond donors (Lipinski definition) is 8. The number of ether oxygens (including phenoxy) is 3. The van der Waals surface area contributed by atoms with E-state index in [4.69, 9.17) is 30.8 Å². The van der Waals surface area contributed by atoms with Crippen molar-refractivity contribution in [1.29, 1.82) is 5.26 Å². The second-order valence-corrected chi connectivity index (χ2v) is 19.6. The van der Waals surface area contributed by atoms with Crippen molar-refractivity contribution < 1.29 is 46.6 Å². The van der Waals surface area contributed by atoms with Gasteiger partial charge < -0.3 is 51.8 Å². The molecule has 74 heavy (non-hydrogen) atoms. The molecule has 4 bridgehead atoms. The molecule has 1 unspecified atom stereocenters. The first-order valence-corrected chi connectivity index (χ1v) is 26.1. The van der Waals surface area contributed by atoms with Crippen molar-refractivity contribution in [3.8, 4) is 45.8 Å². The van der Waals surface area contributed by atoms with Crippen LogP contribution in [-0.4, -0.2) is 123 Å². The molecule has 1 fully saturated rings. The number of carbonyl (C=O) groups excluding carboxylic acids is 5. The first-order valence-electron chi connectivity index (χ1n) is 24.6. The van der Waals surface area contributed by atoms with E-state index in [2.05, 4.69) is 36.0 Å². The average molecular weight is 1040 g/mol. The van der Waals surface area contributed by atoms with Gasteiger partial charge in [-0.05, 0) is 119 Å². The molecule has 6 rings (SSSR count). The Labute approximate surface area is 431 Å². The standard InChI is InChI=1S/C51H66N12O10S/c1-30-44(31(2)59-46(58-30)34-13-16-37(17-14-34)73-36-9-6-5-7-10-36)49(66)61-40(11-8-23-57-74(55,69)70)51(68)63(4)45-35-15-19-43(72-26-22-54)39(29-35)38-27-33(12-18-42(38)71-25-21-53)28-41(48(65)56-24-20-52)62-47(64)32(3)60-50(45)67/h12-19,27,29,32,36,40-41,45,57H,5-11,21-26,28,53-54H2,1-4H3,(H,56,65)(H,60,67)(H,61,66)(H,62,64)(H2,55,69,70)/t32-,40?,41-,45-/m0/s1. The fourth-order valence-corrected chi connectivity index (χ4v) is 9.37. The highest BCUT2D eigenvalue weighted by Gasteiger charge is 2.37. The highest BCUT2D eigenvalue weighted by molar-refractivity contribution is 7.87. The number of nitrogens with two attached hydrogens (primary N) is 3. The molecular weight excluding hydrogens is 973 g/mol. The summed E-state index contributed by atoms with van der Waals surface area (Å²) in [4.78, 5) is 82.0. The molecule has 0 radical (unpaired) electrons. The monoisotopic (exact) mass is 1040 g/mol. The number of fused-ring (bicyclic) bond motifs is 5. The van der Waals surface area contributed by atoms with Crippen molar-refractivity contribution >= 4 is 39.7 Å². The van der Waals surface area contributed by atoms with Gasteiger partial charge in [0.2, 0.25) is 23.6 Å². The van der Waals surface area contributed by atoms with Crippen LogP contribution in [0.5, 0.6) is 17.2 Å². The summed E-state index contributed by atoms with van der Waals surface area (Å²) in [5.74, 6) is -1.93. The Morgan fingerprint density at radius 3 is 2.15 bits per heavy atom. The van der Waals surface area contributed by atoms with Gasteiger partial charge in [0.15, 0.2) is 5.82 Å². The van der Waals surface area contributed by atoms with Crippen LogP contribution in [0.3, 0.4) is 0 Å². The van der Waals surface area contributed by atoms with E-state index in [9.17, 15) is 32.9 Å². The number of carbonyl (C=O) groups is 5. The molecule has 2 aliphatic rings. The number of nitrogens with zero attached hydrogens (tertiary/aromatic N) is 4. The maximum absolute atomic E-state index is 15.1. The predicted octanol–water partition coefficient (Wildman–Crippen LogP) is 1.87. The SMILES string of the molecule is Cc1nc(-c2ccc(OC3CCCCC3)cc2)nc(C)c1C(=O)NC(CCCNS(N)(=O)=O)C(=O)N(C)[C@@H]1C(=O)N[C@@H](C)C(=O)N[C@H](C(=O)NCC#N)Cc2ccc(OCCN)c(c2)-c2cc1ccc2OCCN. The zero-order valence-corrected chi connectivity index (χ0v) is 42.9. The Hall–Kier alpha value is -7.23. The third-order valence-electron chi connectivity index (χ3n) is 12.6. The number of aryl methyl sites for hydroxylation is 2. The second kappa shape index (κ2) is 26.1. The first kappa shape index (κ1) is 56.1. The van der Waals surface area contributed by atoms with Gasteiger partial charge in [0.25, 0.3) is 16.1 Å². The number of amides is 5. The molecule has 1 aromatic heterocycles. The fraction of sp³-hybridized carbons (Fsp3) is 0.451. The minimum Gasteiger partial charge on any atom is -0.492 e. The number of rotatable bonds is 20. The van der Waals surface area contributed by atoms with E-state index in [0.717, 1.165) is 36.3 Å². The Morgan fingerprint density at radius 1 is 0.892 bits per heavy atom. The summed E-state index contributed by atoms with van der Waals surface area (Å²) < 4.78 is 44.3. The molecule has 11 N–H and O–H groups in total. The molecular formula is C51H66N12O10S. The highest BCUT2D eigenvalue weighted by Crippen LogP contribution is 2.40. The van der Waals surface area contributed by atoms with Crippen molar-refractivity contribution in [2.24, 2.45) is 16.6 Å². The fourth-order valence-electron chi connectivity index (χ4n) is 8.95. The zero-order valence-electron chi connectivity index (χ0n) is 42.1. The molecule has 5 amide bonds. The lowest BCUT2D eigenvalue weighted by atomic mass is 9.93. The van der Waals surface area contributed by atoms with E-state index >= 15 is 4.79 Å². The number of nitrogens with one attached hydrogen (secondary N) is 5. The van der Waals surface area contributed by atoms with Gasteiger partial charge in [0, 0.05) is 49.8 Å². The minimum atomic E-state index is -4.12. The van der Waals surface area contributed by atoms with E-state index in [-0.39, 0.29) is 75.9 Å². The van der Waals surface area contributed by atoms with Gasteiger partial charge >= 0.3 is 0 Å². The normalized spacial score (nSPS) is 17.6. The molecule has 396 valence electrons. The summed E-state index contributed by atoms with van der Waals surface area (Å²) in [6.45, 7) is 4.67. The number of hydrogen-bond acceptors (Lipinski definition) is 15. The van der Waals surface area contributed by atoms with Crippen LogP contribution in [0.2, 0.25) is 0 Å². The zero-order chi connectivity index (χ0) is 53.5. The number of aromatic nitrogens is 2. The molecule has 1 aliphatic carbocycles. The van der Waals surface area contributed by atoms with Gasteiger partial charge in [-0.15, -0.1) is 0 Å². The van der Waals surface area contributed by atoms with Gasteiger partial charge in [-0.1, -0.05) is 18.6 Å². The van der Waals surface area contributed by atoms with Gasteiger partial charge in [0.1, 0.15) is 61.2 Å². The molecule has 22 nitrogen and oxygen atoms in total. The molecule has 0 spiro atoms. The first-order chi connectivity index (χ1) is 35.4. The Bertz CT molecular complexity index is 2800. The van der Waals surface area contributed by atoms with Crippen molar-refractivity contribution in [1.82, 2.24) is 40.9 Å². The lowest BCUT2D eigenvalue weighted by Gasteiger charge is -2.33. The van der Waals surface area contributed by atoms with Crippen LogP contribution in [0, 0.1) is 25.2 Å². The smallest absolute Gasteiger partial charge is 0.274 e. The van der Waals surface area contributed by atoms with Crippen molar-refractivity contribution in [2.45, 2.75) is 102 Å².